The minimum absolute atomic E-state index is 0.817. The Morgan fingerprint density at radius 1 is 1.00 bits per heavy atom. The third kappa shape index (κ3) is 1.42. The molecule has 0 spiro atoms. The minimum atomic E-state index is 0.817. The Morgan fingerprint density at radius 2 is 1.75 bits per heavy atom. The fourth-order valence-corrected chi connectivity index (χ4v) is 2.61. The molecule has 0 N–H and O–H groups in total. The third-order valence-electron chi connectivity index (χ3n) is 3.28. The molecule has 16 heavy (non-hydrogen) atoms. The number of hydrogen-bond acceptors (Lipinski definition) is 0. The zero-order valence-corrected chi connectivity index (χ0v) is 9.88. The van der Waals surface area contributed by atoms with E-state index in [1.54, 1.807) is 0 Å². The molecule has 1 aliphatic carbocycles. The van der Waals surface area contributed by atoms with Gasteiger partial charge in [0.25, 0.3) is 0 Å². The molecule has 0 amide bonds. The quantitative estimate of drug-likeness (QED) is 0.591. The molecular formula is C15H12Cl+. The highest BCUT2D eigenvalue weighted by Gasteiger charge is 2.28. The first-order chi connectivity index (χ1) is 7.75. The second-order valence-corrected chi connectivity index (χ2v) is 4.70. The summed E-state index contributed by atoms with van der Waals surface area (Å²) in [6.07, 6.45) is 1.01. The van der Waals surface area contributed by atoms with E-state index in [9.17, 15) is 0 Å². The van der Waals surface area contributed by atoms with Crippen LogP contribution in [0.4, 0.5) is 0 Å². The van der Waals surface area contributed by atoms with Crippen molar-refractivity contribution in [2.24, 2.45) is 0 Å². The summed E-state index contributed by atoms with van der Waals surface area (Å²) >= 11 is 6.06. The van der Waals surface area contributed by atoms with Crippen LogP contribution in [0.15, 0.2) is 42.5 Å². The van der Waals surface area contributed by atoms with Gasteiger partial charge in [-0.15, -0.1) is 0 Å². The summed E-state index contributed by atoms with van der Waals surface area (Å²) in [7, 11) is 0. The molecular weight excluding hydrogens is 216 g/mol. The lowest BCUT2D eigenvalue weighted by Gasteiger charge is -2.18. The summed E-state index contributed by atoms with van der Waals surface area (Å²) in [5.41, 5.74) is 5.44. The molecule has 78 valence electrons. The molecule has 1 aliphatic rings. The summed E-state index contributed by atoms with van der Waals surface area (Å²) in [5, 5.41) is 0.817. The van der Waals surface area contributed by atoms with Crippen LogP contribution in [0, 0.1) is 5.92 Å². The third-order valence-corrected chi connectivity index (χ3v) is 3.51. The minimum Gasteiger partial charge on any atom is -0.0748 e. The van der Waals surface area contributed by atoms with Crippen molar-refractivity contribution in [1.82, 2.24) is 0 Å². The van der Waals surface area contributed by atoms with Crippen LogP contribution in [0.5, 0.6) is 0 Å². The SMILES string of the molecule is C[C+]1c2ccccc2Cc2ccc(Cl)cc21. The van der Waals surface area contributed by atoms with Crippen LogP contribution in [0.2, 0.25) is 5.02 Å². The van der Waals surface area contributed by atoms with Crippen molar-refractivity contribution in [3.05, 3.63) is 75.7 Å². The van der Waals surface area contributed by atoms with Crippen molar-refractivity contribution in [3.8, 4) is 0 Å². The van der Waals surface area contributed by atoms with Gasteiger partial charge in [0.15, 0.2) is 0 Å². The Labute approximate surface area is 101 Å². The van der Waals surface area contributed by atoms with Crippen LogP contribution in [-0.2, 0) is 6.42 Å². The van der Waals surface area contributed by atoms with Crippen LogP contribution >= 0.6 is 11.6 Å². The Kier molecular flexibility index (Phi) is 2.19. The highest BCUT2D eigenvalue weighted by atomic mass is 35.5. The van der Waals surface area contributed by atoms with Crippen LogP contribution in [0.3, 0.4) is 0 Å². The van der Waals surface area contributed by atoms with Gasteiger partial charge in [-0.1, -0.05) is 11.6 Å². The second-order valence-electron chi connectivity index (χ2n) is 4.26. The van der Waals surface area contributed by atoms with E-state index in [1.165, 1.54) is 28.2 Å². The summed E-state index contributed by atoms with van der Waals surface area (Å²) in [4.78, 5) is 0. The number of benzene rings is 2. The van der Waals surface area contributed by atoms with Gasteiger partial charge in [-0.2, -0.15) is 0 Å². The number of hydrogen-bond donors (Lipinski definition) is 0. The van der Waals surface area contributed by atoms with Crippen LogP contribution < -0.4 is 0 Å². The lowest BCUT2D eigenvalue weighted by molar-refractivity contribution is 1.02. The van der Waals surface area contributed by atoms with Gasteiger partial charge in [-0.3, -0.25) is 0 Å². The lowest BCUT2D eigenvalue weighted by atomic mass is 9.79. The molecule has 0 saturated heterocycles. The molecule has 0 heterocycles. The average molecular weight is 228 g/mol. The molecule has 0 radical (unpaired) electrons. The van der Waals surface area contributed by atoms with E-state index in [-0.39, 0.29) is 0 Å². The summed E-state index contributed by atoms with van der Waals surface area (Å²) in [6.45, 7) is 2.17. The van der Waals surface area contributed by atoms with Crippen molar-refractivity contribution in [1.29, 1.82) is 0 Å². The first-order valence-corrected chi connectivity index (χ1v) is 5.84. The standard InChI is InChI=1S/C15H12Cl/c1-10-14-5-3-2-4-11(14)8-12-6-7-13(16)9-15(10)12/h2-7,9H,8H2,1H3/q+1. The van der Waals surface area contributed by atoms with Gasteiger partial charge in [0.2, 0.25) is 0 Å². The summed E-state index contributed by atoms with van der Waals surface area (Å²) in [6, 6.07) is 14.8. The molecule has 0 unspecified atom stereocenters. The van der Waals surface area contributed by atoms with E-state index >= 15 is 0 Å². The van der Waals surface area contributed by atoms with E-state index in [2.05, 4.69) is 43.3 Å². The lowest BCUT2D eigenvalue weighted by Crippen LogP contribution is -2.11. The van der Waals surface area contributed by atoms with Gasteiger partial charge in [-0.25, -0.2) is 0 Å². The highest BCUT2D eigenvalue weighted by molar-refractivity contribution is 6.30. The van der Waals surface area contributed by atoms with Crippen molar-refractivity contribution >= 4 is 11.6 Å². The van der Waals surface area contributed by atoms with Crippen molar-refractivity contribution in [3.63, 3.8) is 0 Å². The zero-order chi connectivity index (χ0) is 11.1. The maximum atomic E-state index is 6.06. The first-order valence-electron chi connectivity index (χ1n) is 5.46. The largest absolute Gasteiger partial charge is 0.0810 e. The summed E-state index contributed by atoms with van der Waals surface area (Å²) in [5.74, 6) is 1.33. The number of halogens is 1. The topological polar surface area (TPSA) is 0 Å². The zero-order valence-electron chi connectivity index (χ0n) is 9.13. The number of rotatable bonds is 0. The molecule has 0 atom stereocenters. The van der Waals surface area contributed by atoms with Gasteiger partial charge in [0, 0.05) is 29.2 Å². The van der Waals surface area contributed by atoms with Gasteiger partial charge in [-0.05, 0) is 37.3 Å². The predicted molar refractivity (Wildman–Crippen MR) is 67.8 cm³/mol. The molecule has 2 aromatic carbocycles. The van der Waals surface area contributed by atoms with Gasteiger partial charge < -0.3 is 0 Å². The van der Waals surface area contributed by atoms with Crippen molar-refractivity contribution in [2.45, 2.75) is 13.3 Å². The second kappa shape index (κ2) is 3.57. The van der Waals surface area contributed by atoms with Crippen molar-refractivity contribution < 1.29 is 0 Å². The van der Waals surface area contributed by atoms with E-state index < -0.39 is 0 Å². The van der Waals surface area contributed by atoms with Gasteiger partial charge in [0.05, 0.1) is 22.6 Å². The molecule has 0 saturated carbocycles. The average Bonchev–Trinajstić information content (AvgIpc) is 2.31. The maximum absolute atomic E-state index is 6.06. The van der Waals surface area contributed by atoms with Gasteiger partial charge in [0.1, 0.15) is 0 Å². The van der Waals surface area contributed by atoms with Crippen LogP contribution in [-0.4, -0.2) is 0 Å². The molecule has 1 heteroatoms. The molecule has 3 rings (SSSR count). The normalized spacial score (nSPS) is 13.2. The monoisotopic (exact) mass is 227 g/mol. The fraction of sp³-hybridized carbons (Fsp3) is 0.133. The fourth-order valence-electron chi connectivity index (χ4n) is 2.44. The number of fused-ring (bicyclic) bond motifs is 2. The molecule has 0 aliphatic heterocycles. The van der Waals surface area contributed by atoms with E-state index in [0.717, 1.165) is 11.4 Å². The van der Waals surface area contributed by atoms with E-state index in [0.29, 0.717) is 0 Å². The van der Waals surface area contributed by atoms with E-state index in [1.807, 2.05) is 6.07 Å². The smallest absolute Gasteiger partial charge is 0.0748 e. The van der Waals surface area contributed by atoms with Crippen LogP contribution in [0.25, 0.3) is 0 Å². The van der Waals surface area contributed by atoms with E-state index in [4.69, 9.17) is 11.6 Å². The maximum Gasteiger partial charge on any atom is 0.0810 e. The Bertz CT molecular complexity index is 543. The highest BCUT2D eigenvalue weighted by Crippen LogP contribution is 2.36. The molecule has 0 fully saturated rings. The molecule has 0 bridgehead atoms. The van der Waals surface area contributed by atoms with Crippen molar-refractivity contribution in [2.75, 3.05) is 0 Å². The Hall–Kier alpha value is -1.40. The molecule has 2 aromatic rings. The molecule has 0 nitrogen and oxygen atoms in total. The molecule has 0 aromatic heterocycles. The summed E-state index contributed by atoms with van der Waals surface area (Å²) < 4.78 is 0. The van der Waals surface area contributed by atoms with Gasteiger partial charge >= 0.3 is 0 Å². The first kappa shape index (κ1) is 9.80. The Morgan fingerprint density at radius 3 is 2.62 bits per heavy atom. The Balaban J connectivity index is 2.19. The van der Waals surface area contributed by atoms with Crippen LogP contribution in [0.1, 0.15) is 29.2 Å². The predicted octanol–water partition coefficient (Wildman–Crippen LogP) is 4.23.